The number of nitrogens with zero attached hydrogens (tertiary/aromatic N) is 6. The van der Waals surface area contributed by atoms with Gasteiger partial charge < -0.3 is 19.9 Å². The van der Waals surface area contributed by atoms with Gasteiger partial charge in [0.2, 0.25) is 5.95 Å². The number of hydrogen-bond acceptors (Lipinski definition) is 6. The quantitative estimate of drug-likeness (QED) is 0.537. The summed E-state index contributed by atoms with van der Waals surface area (Å²) in [5.74, 6) is 1.20. The number of aliphatic imine (C=N–C) groups is 1. The van der Waals surface area contributed by atoms with Gasteiger partial charge in [-0.15, -0.1) is 0 Å². The zero-order chi connectivity index (χ0) is 21.0. The van der Waals surface area contributed by atoms with E-state index in [0.717, 1.165) is 47.4 Å². The molecular weight excluding hydrogens is 434 g/mol. The van der Waals surface area contributed by atoms with Crippen molar-refractivity contribution in [2.75, 3.05) is 32.0 Å². The Balaban J connectivity index is 2.24. The van der Waals surface area contributed by atoms with E-state index in [4.69, 9.17) is 20.4 Å². The summed E-state index contributed by atoms with van der Waals surface area (Å²) in [4.78, 5) is 20.4. The Labute approximate surface area is 179 Å². The zero-order valence-corrected chi connectivity index (χ0v) is 18.8. The second-order valence-electron chi connectivity index (χ2n) is 6.96. The number of amidine groups is 1. The molecule has 0 spiro atoms. The third-order valence-electron chi connectivity index (χ3n) is 5.10. The third-order valence-corrected chi connectivity index (χ3v) is 5.66. The van der Waals surface area contributed by atoms with Gasteiger partial charge >= 0.3 is 0 Å². The summed E-state index contributed by atoms with van der Waals surface area (Å²) in [5, 5.41) is 1.52. The van der Waals surface area contributed by atoms with E-state index in [1.807, 2.05) is 0 Å². The van der Waals surface area contributed by atoms with Crippen LogP contribution in [-0.4, -0.2) is 56.6 Å². The van der Waals surface area contributed by atoms with Crippen molar-refractivity contribution in [2.24, 2.45) is 4.99 Å². The van der Waals surface area contributed by atoms with Gasteiger partial charge in [-0.05, 0) is 29.3 Å². The predicted molar refractivity (Wildman–Crippen MR) is 119 cm³/mol. The van der Waals surface area contributed by atoms with Crippen LogP contribution in [0.1, 0.15) is 45.2 Å². The monoisotopic (exact) mass is 461 g/mol. The molecule has 0 aliphatic carbocycles. The van der Waals surface area contributed by atoms with Crippen molar-refractivity contribution in [3.63, 3.8) is 0 Å². The van der Waals surface area contributed by atoms with E-state index in [1.54, 1.807) is 12.4 Å². The van der Waals surface area contributed by atoms with Gasteiger partial charge in [0.1, 0.15) is 16.9 Å². The van der Waals surface area contributed by atoms with E-state index in [9.17, 15) is 0 Å². The van der Waals surface area contributed by atoms with Crippen LogP contribution in [0.4, 0.5) is 5.95 Å². The fourth-order valence-corrected chi connectivity index (χ4v) is 4.04. The fourth-order valence-electron chi connectivity index (χ4n) is 3.29. The van der Waals surface area contributed by atoms with E-state index in [-0.39, 0.29) is 12.0 Å². The zero-order valence-electron chi connectivity index (χ0n) is 17.2. The summed E-state index contributed by atoms with van der Waals surface area (Å²) >= 11 is 3.59. The molecule has 0 radical (unpaired) electrons. The van der Waals surface area contributed by atoms with Gasteiger partial charge in [0.25, 0.3) is 0 Å². The van der Waals surface area contributed by atoms with E-state index in [1.165, 1.54) is 0 Å². The number of morpholine rings is 1. The molecule has 0 aromatic carbocycles. The molecule has 156 valence electrons. The molecule has 0 bridgehead atoms. The number of halogens is 1. The van der Waals surface area contributed by atoms with Gasteiger partial charge in [0.15, 0.2) is 4.73 Å². The molecule has 29 heavy (non-hydrogen) atoms. The van der Waals surface area contributed by atoms with E-state index in [0.29, 0.717) is 24.3 Å². The highest BCUT2D eigenvalue weighted by Gasteiger charge is 2.18. The van der Waals surface area contributed by atoms with Crippen LogP contribution in [0.25, 0.3) is 12.3 Å². The van der Waals surface area contributed by atoms with Crippen LogP contribution >= 0.6 is 15.9 Å². The number of rotatable bonds is 5. The maximum Gasteiger partial charge on any atom is 0.219 e. The van der Waals surface area contributed by atoms with Gasteiger partial charge in [-0.3, -0.25) is 0 Å². The minimum atomic E-state index is 0.224. The summed E-state index contributed by atoms with van der Waals surface area (Å²) < 4.78 is 8.31. The molecular formula is C20H28BrN7O. The highest BCUT2D eigenvalue weighted by Crippen LogP contribution is 2.16. The first kappa shape index (κ1) is 21.4. The van der Waals surface area contributed by atoms with Crippen LogP contribution in [0.3, 0.4) is 0 Å². The Bertz CT molecular complexity index is 977. The van der Waals surface area contributed by atoms with Crippen molar-refractivity contribution in [3.05, 3.63) is 33.4 Å². The number of aromatic nitrogens is 4. The predicted octanol–water partition coefficient (Wildman–Crippen LogP) is 1.70. The first-order valence-electron chi connectivity index (χ1n) is 9.91. The highest BCUT2D eigenvalue weighted by molar-refractivity contribution is 9.10. The molecule has 1 aliphatic rings. The van der Waals surface area contributed by atoms with Gasteiger partial charge in [-0.1, -0.05) is 20.4 Å². The van der Waals surface area contributed by atoms with Crippen molar-refractivity contribution in [1.82, 2.24) is 24.4 Å². The van der Waals surface area contributed by atoms with Crippen LogP contribution in [0.2, 0.25) is 0 Å². The molecule has 1 fully saturated rings. The minimum absolute atomic E-state index is 0.224. The fraction of sp³-hybridized carbons (Fsp3) is 0.500. The van der Waals surface area contributed by atoms with Gasteiger partial charge in [0.05, 0.1) is 18.6 Å². The van der Waals surface area contributed by atoms with Crippen molar-refractivity contribution in [3.8, 4) is 0 Å². The number of nitrogens with two attached hydrogens (primary N) is 1. The van der Waals surface area contributed by atoms with E-state index in [2.05, 4.69) is 62.7 Å². The lowest BCUT2D eigenvalue weighted by molar-refractivity contribution is 0.0673. The summed E-state index contributed by atoms with van der Waals surface area (Å²) in [7, 11) is 0. The smallest absolute Gasteiger partial charge is 0.219 e. The summed E-state index contributed by atoms with van der Waals surface area (Å²) in [5.41, 5.74) is 7.15. The van der Waals surface area contributed by atoms with Crippen molar-refractivity contribution < 1.29 is 4.74 Å². The lowest BCUT2D eigenvalue weighted by Gasteiger charge is -2.29. The summed E-state index contributed by atoms with van der Waals surface area (Å²) in [6, 6.07) is 0.260. The van der Waals surface area contributed by atoms with Crippen LogP contribution in [0.5, 0.6) is 0 Å². The molecule has 9 heteroatoms. The normalized spacial score (nSPS) is 17.4. The number of anilines is 1. The van der Waals surface area contributed by atoms with Crippen molar-refractivity contribution in [1.29, 1.82) is 0 Å². The maximum atomic E-state index is 5.70. The van der Waals surface area contributed by atoms with Crippen LogP contribution in [0, 0.1) is 0 Å². The molecule has 3 rings (SSSR count). The Morgan fingerprint density at radius 1 is 1.31 bits per heavy atom. The van der Waals surface area contributed by atoms with Gasteiger partial charge in [-0.25, -0.2) is 19.9 Å². The average Bonchev–Trinajstić information content (AvgIpc) is 3.03. The second kappa shape index (κ2) is 9.49. The number of imidazole rings is 1. The second-order valence-corrected chi connectivity index (χ2v) is 7.67. The molecule has 1 saturated heterocycles. The van der Waals surface area contributed by atoms with Gasteiger partial charge in [0, 0.05) is 43.5 Å². The molecule has 8 nitrogen and oxygen atoms in total. The molecule has 2 aromatic heterocycles. The van der Waals surface area contributed by atoms with E-state index < -0.39 is 0 Å². The van der Waals surface area contributed by atoms with Crippen molar-refractivity contribution >= 4 is 40.0 Å². The van der Waals surface area contributed by atoms with Crippen molar-refractivity contribution in [2.45, 2.75) is 39.7 Å². The first-order valence-corrected chi connectivity index (χ1v) is 10.7. The molecule has 3 heterocycles. The number of hydrogen-bond donors (Lipinski definition) is 1. The third kappa shape index (κ3) is 4.67. The standard InChI is InChI=1S/C20H28BrN7O/c1-5-13(3)28-14(4)17(26-19(28)21)18(15-11-23-20(22)24-12-15)25-16(6-2)27-7-9-29-10-8-27/h11-13H,4-10H2,1-3H3,(H2,22,23,24)/b18-17+,25-16+. The summed E-state index contributed by atoms with van der Waals surface area (Å²) in [6.45, 7) is 13.7. The highest BCUT2D eigenvalue weighted by atomic mass is 79.9. The molecule has 1 atom stereocenters. The Morgan fingerprint density at radius 3 is 2.55 bits per heavy atom. The molecule has 1 unspecified atom stereocenters. The molecule has 0 saturated carbocycles. The molecule has 1 aliphatic heterocycles. The first-order chi connectivity index (χ1) is 14.0. The van der Waals surface area contributed by atoms with Gasteiger partial charge in [-0.2, -0.15) is 0 Å². The summed E-state index contributed by atoms with van der Waals surface area (Å²) in [6.07, 6.45) is 5.13. The Kier molecular flexibility index (Phi) is 7.02. The molecule has 2 aromatic rings. The number of nitrogen functional groups attached to an aromatic ring is 1. The largest absolute Gasteiger partial charge is 0.378 e. The Morgan fingerprint density at radius 2 is 1.97 bits per heavy atom. The minimum Gasteiger partial charge on any atom is -0.378 e. The van der Waals surface area contributed by atoms with Crippen LogP contribution < -0.4 is 16.4 Å². The lowest BCUT2D eigenvalue weighted by atomic mass is 10.2. The SMILES string of the molecule is C=c1/c(=C(\N=C(/CC)N2CCOCC2)c2cnc(N)nc2)nc(Br)n1C(C)CC. The molecule has 2 N–H and O–H groups in total. The molecule has 0 amide bonds. The van der Waals surface area contributed by atoms with Crippen LogP contribution in [-0.2, 0) is 4.74 Å². The lowest BCUT2D eigenvalue weighted by Crippen LogP contribution is -2.41. The topological polar surface area (TPSA) is 94.4 Å². The number of ether oxygens (including phenoxy) is 1. The van der Waals surface area contributed by atoms with Crippen LogP contribution in [0.15, 0.2) is 22.1 Å². The van der Waals surface area contributed by atoms with E-state index >= 15 is 0 Å². The maximum absolute atomic E-state index is 5.70. The average molecular weight is 462 g/mol. The Hall–Kier alpha value is -2.26.